The van der Waals surface area contributed by atoms with Crippen LogP contribution in [0, 0.1) is 0 Å². The van der Waals surface area contributed by atoms with Gasteiger partial charge in [0.05, 0.1) is 0 Å². The molecule has 0 unspecified atom stereocenters. The van der Waals surface area contributed by atoms with Crippen molar-refractivity contribution < 1.29 is 0 Å². The predicted octanol–water partition coefficient (Wildman–Crippen LogP) is 2.65. The SMILES string of the molecule is CSCCNCC=Cc1ccccc1. The number of hydrogen-bond donors (Lipinski definition) is 1. The quantitative estimate of drug-likeness (QED) is 0.720. The lowest BCUT2D eigenvalue weighted by atomic mass is 10.2. The first-order valence-electron chi connectivity index (χ1n) is 4.84. The van der Waals surface area contributed by atoms with Crippen LogP contribution in [0.4, 0.5) is 0 Å². The summed E-state index contributed by atoms with van der Waals surface area (Å²) in [6.07, 6.45) is 6.43. The van der Waals surface area contributed by atoms with E-state index in [0.717, 1.165) is 13.1 Å². The zero-order chi connectivity index (χ0) is 10.1. The summed E-state index contributed by atoms with van der Waals surface area (Å²) >= 11 is 1.87. The van der Waals surface area contributed by atoms with E-state index >= 15 is 0 Å². The van der Waals surface area contributed by atoms with Crippen molar-refractivity contribution >= 4 is 17.8 Å². The molecule has 0 aliphatic carbocycles. The van der Waals surface area contributed by atoms with E-state index in [1.54, 1.807) is 0 Å². The molecule has 76 valence electrons. The van der Waals surface area contributed by atoms with Gasteiger partial charge in [0.2, 0.25) is 0 Å². The molecule has 1 nitrogen and oxygen atoms in total. The van der Waals surface area contributed by atoms with Gasteiger partial charge in [-0.25, -0.2) is 0 Å². The lowest BCUT2D eigenvalue weighted by Crippen LogP contribution is -2.16. The van der Waals surface area contributed by atoms with Gasteiger partial charge < -0.3 is 5.32 Å². The van der Waals surface area contributed by atoms with Crippen LogP contribution in [0.25, 0.3) is 6.08 Å². The summed E-state index contributed by atoms with van der Waals surface area (Å²) in [4.78, 5) is 0. The Kier molecular flexibility index (Phi) is 6.20. The third kappa shape index (κ3) is 5.10. The highest BCUT2D eigenvalue weighted by Crippen LogP contribution is 1.99. The van der Waals surface area contributed by atoms with Crippen LogP contribution < -0.4 is 5.32 Å². The van der Waals surface area contributed by atoms with Crippen LogP contribution in [0.5, 0.6) is 0 Å². The molecule has 0 spiro atoms. The second-order valence-electron chi connectivity index (χ2n) is 3.01. The fraction of sp³-hybridized carbons (Fsp3) is 0.333. The summed E-state index contributed by atoms with van der Waals surface area (Å²) in [5.41, 5.74) is 1.26. The van der Waals surface area contributed by atoms with Crippen LogP contribution in [-0.4, -0.2) is 25.1 Å². The van der Waals surface area contributed by atoms with Crippen molar-refractivity contribution in [3.05, 3.63) is 42.0 Å². The third-order valence-corrected chi connectivity index (χ3v) is 2.47. The van der Waals surface area contributed by atoms with E-state index in [1.165, 1.54) is 11.3 Å². The highest BCUT2D eigenvalue weighted by atomic mass is 32.2. The van der Waals surface area contributed by atoms with Crippen LogP contribution >= 0.6 is 11.8 Å². The number of thioether (sulfide) groups is 1. The van der Waals surface area contributed by atoms with Crippen LogP contribution in [0.15, 0.2) is 36.4 Å². The molecule has 1 rings (SSSR count). The molecule has 0 saturated heterocycles. The summed E-state index contributed by atoms with van der Waals surface area (Å²) in [6.45, 7) is 2.04. The van der Waals surface area contributed by atoms with E-state index in [4.69, 9.17) is 0 Å². The van der Waals surface area contributed by atoms with E-state index in [9.17, 15) is 0 Å². The highest BCUT2D eigenvalue weighted by molar-refractivity contribution is 7.98. The molecular weight excluding hydrogens is 190 g/mol. The standard InChI is InChI=1S/C12H17NS/c1-14-11-10-13-9-5-8-12-6-3-2-4-7-12/h2-8,13H,9-11H2,1H3. The third-order valence-electron chi connectivity index (χ3n) is 1.86. The molecule has 0 radical (unpaired) electrons. The Hall–Kier alpha value is -0.730. The number of nitrogens with one attached hydrogen (secondary N) is 1. The van der Waals surface area contributed by atoms with Crippen molar-refractivity contribution in [1.82, 2.24) is 5.32 Å². The molecular formula is C12H17NS. The van der Waals surface area contributed by atoms with E-state index in [0.29, 0.717) is 0 Å². The Morgan fingerprint density at radius 1 is 1.29 bits per heavy atom. The van der Waals surface area contributed by atoms with Gasteiger partial charge in [0.1, 0.15) is 0 Å². The minimum atomic E-state index is 0.954. The molecule has 0 aliphatic heterocycles. The molecule has 14 heavy (non-hydrogen) atoms. The lowest BCUT2D eigenvalue weighted by molar-refractivity contribution is 0.808. The van der Waals surface area contributed by atoms with Gasteiger partial charge in [-0.1, -0.05) is 42.5 Å². The maximum Gasteiger partial charge on any atom is 0.0138 e. The summed E-state index contributed by atoms with van der Waals surface area (Å²) in [5, 5.41) is 3.35. The Morgan fingerprint density at radius 3 is 2.79 bits per heavy atom. The van der Waals surface area contributed by atoms with Crippen molar-refractivity contribution in [3.63, 3.8) is 0 Å². The topological polar surface area (TPSA) is 12.0 Å². The van der Waals surface area contributed by atoms with Gasteiger partial charge in [0.25, 0.3) is 0 Å². The monoisotopic (exact) mass is 207 g/mol. The first kappa shape index (κ1) is 11.3. The largest absolute Gasteiger partial charge is 0.312 e. The Bertz CT molecular complexity index is 256. The van der Waals surface area contributed by atoms with Gasteiger partial charge in [-0.15, -0.1) is 0 Å². The van der Waals surface area contributed by atoms with E-state index < -0.39 is 0 Å². The molecule has 0 saturated carbocycles. The zero-order valence-corrected chi connectivity index (χ0v) is 9.39. The van der Waals surface area contributed by atoms with Crippen molar-refractivity contribution in [2.24, 2.45) is 0 Å². The zero-order valence-electron chi connectivity index (χ0n) is 8.57. The first-order valence-corrected chi connectivity index (χ1v) is 6.24. The molecule has 0 atom stereocenters. The van der Waals surface area contributed by atoms with Crippen molar-refractivity contribution in [2.45, 2.75) is 0 Å². The summed E-state index contributed by atoms with van der Waals surface area (Å²) in [6, 6.07) is 10.4. The molecule has 0 bridgehead atoms. The van der Waals surface area contributed by atoms with Gasteiger partial charge in [-0.3, -0.25) is 0 Å². The normalized spacial score (nSPS) is 10.9. The summed E-state index contributed by atoms with van der Waals surface area (Å²) in [7, 11) is 0. The number of hydrogen-bond acceptors (Lipinski definition) is 2. The second-order valence-corrected chi connectivity index (χ2v) is 4.00. The molecule has 2 heteroatoms. The molecule has 1 aromatic rings. The minimum Gasteiger partial charge on any atom is -0.312 e. The van der Waals surface area contributed by atoms with Gasteiger partial charge in [-0.05, 0) is 11.8 Å². The fourth-order valence-electron chi connectivity index (χ4n) is 1.12. The average Bonchev–Trinajstić information content (AvgIpc) is 2.25. The molecule has 0 aliphatic rings. The van der Waals surface area contributed by atoms with Gasteiger partial charge in [0, 0.05) is 18.8 Å². The first-order chi connectivity index (χ1) is 6.93. The van der Waals surface area contributed by atoms with Crippen LogP contribution in [0.1, 0.15) is 5.56 Å². The van der Waals surface area contributed by atoms with Crippen molar-refractivity contribution in [1.29, 1.82) is 0 Å². The number of benzene rings is 1. The smallest absolute Gasteiger partial charge is 0.0138 e. The lowest BCUT2D eigenvalue weighted by Gasteiger charge is -1.98. The second kappa shape index (κ2) is 7.65. The van der Waals surface area contributed by atoms with Gasteiger partial charge in [-0.2, -0.15) is 11.8 Å². The fourth-order valence-corrected chi connectivity index (χ4v) is 1.47. The maximum atomic E-state index is 3.35. The van der Waals surface area contributed by atoms with Gasteiger partial charge >= 0.3 is 0 Å². The molecule has 0 amide bonds. The molecule has 1 N–H and O–H groups in total. The van der Waals surface area contributed by atoms with Gasteiger partial charge in [0.15, 0.2) is 0 Å². The van der Waals surface area contributed by atoms with E-state index in [2.05, 4.69) is 48.0 Å². The molecule has 0 heterocycles. The molecule has 0 aromatic heterocycles. The highest BCUT2D eigenvalue weighted by Gasteiger charge is 1.83. The Labute approximate surface area is 90.6 Å². The summed E-state index contributed by atoms with van der Waals surface area (Å²) < 4.78 is 0. The van der Waals surface area contributed by atoms with Crippen LogP contribution in [0.3, 0.4) is 0 Å². The van der Waals surface area contributed by atoms with Crippen LogP contribution in [0.2, 0.25) is 0 Å². The van der Waals surface area contributed by atoms with Crippen molar-refractivity contribution in [2.75, 3.05) is 25.1 Å². The number of rotatable bonds is 6. The Morgan fingerprint density at radius 2 is 2.07 bits per heavy atom. The Balaban J connectivity index is 2.15. The minimum absolute atomic E-state index is 0.954. The molecule has 1 aromatic carbocycles. The van der Waals surface area contributed by atoms with E-state index in [-0.39, 0.29) is 0 Å². The predicted molar refractivity (Wildman–Crippen MR) is 66.7 cm³/mol. The van der Waals surface area contributed by atoms with E-state index in [1.807, 2.05) is 17.8 Å². The maximum absolute atomic E-state index is 3.35. The summed E-state index contributed by atoms with van der Waals surface area (Å²) in [5.74, 6) is 1.18. The molecule has 0 fully saturated rings. The van der Waals surface area contributed by atoms with Crippen molar-refractivity contribution in [3.8, 4) is 0 Å². The van der Waals surface area contributed by atoms with Crippen LogP contribution in [-0.2, 0) is 0 Å². The average molecular weight is 207 g/mol.